The Bertz CT molecular complexity index is 905. The Labute approximate surface area is 151 Å². The van der Waals surface area contributed by atoms with Crippen molar-refractivity contribution in [3.8, 4) is 0 Å². The molecular formula is C20H20N4O2. The molecule has 26 heavy (non-hydrogen) atoms. The van der Waals surface area contributed by atoms with Gasteiger partial charge in [-0.25, -0.2) is 0 Å². The first-order valence-electron chi connectivity index (χ1n) is 8.28. The van der Waals surface area contributed by atoms with Crippen LogP contribution in [0.1, 0.15) is 33.1 Å². The molecule has 132 valence electrons. The molecule has 0 spiro atoms. The number of benzene rings is 2. The van der Waals surface area contributed by atoms with Crippen LogP contribution in [0.2, 0.25) is 0 Å². The molecule has 0 aliphatic carbocycles. The summed E-state index contributed by atoms with van der Waals surface area (Å²) in [6, 6.07) is 15.6. The molecule has 3 aromatic rings. The van der Waals surface area contributed by atoms with Crippen molar-refractivity contribution in [1.29, 1.82) is 0 Å². The van der Waals surface area contributed by atoms with Gasteiger partial charge in [-0.05, 0) is 31.0 Å². The maximum Gasteiger partial charge on any atom is 0.252 e. The predicted molar refractivity (Wildman–Crippen MR) is 99.8 cm³/mol. The Morgan fingerprint density at radius 2 is 1.81 bits per heavy atom. The number of nitrogens with zero attached hydrogens (tertiary/aromatic N) is 1. The van der Waals surface area contributed by atoms with E-state index < -0.39 is 6.04 Å². The molecule has 0 saturated carbocycles. The molecule has 6 heteroatoms. The molecule has 1 aromatic heterocycles. The van der Waals surface area contributed by atoms with Crippen molar-refractivity contribution >= 4 is 17.6 Å². The number of amides is 2. The molecule has 1 heterocycles. The predicted octanol–water partition coefficient (Wildman–Crippen LogP) is 3.14. The summed E-state index contributed by atoms with van der Waals surface area (Å²) >= 11 is 0. The van der Waals surface area contributed by atoms with Crippen LogP contribution in [0.4, 0.5) is 5.82 Å². The number of aryl methyl sites for hydroxylation is 2. The normalized spacial score (nSPS) is 11.6. The lowest BCUT2D eigenvalue weighted by molar-refractivity contribution is -0.118. The smallest absolute Gasteiger partial charge is 0.252 e. The first-order valence-corrected chi connectivity index (χ1v) is 8.28. The van der Waals surface area contributed by atoms with Gasteiger partial charge in [-0.2, -0.15) is 5.10 Å². The van der Waals surface area contributed by atoms with Crippen molar-refractivity contribution in [3.05, 3.63) is 83.0 Å². The third kappa shape index (κ3) is 3.97. The van der Waals surface area contributed by atoms with Crippen LogP contribution in [0.3, 0.4) is 0 Å². The summed E-state index contributed by atoms with van der Waals surface area (Å²) in [4.78, 5) is 25.6. The first-order chi connectivity index (χ1) is 12.5. The van der Waals surface area contributed by atoms with E-state index in [9.17, 15) is 9.59 Å². The summed E-state index contributed by atoms with van der Waals surface area (Å²) in [6.07, 6.45) is 1.54. The third-order valence-electron chi connectivity index (χ3n) is 4.07. The zero-order valence-electron chi connectivity index (χ0n) is 14.6. The fraction of sp³-hybridized carbons (Fsp3) is 0.150. The minimum atomic E-state index is -0.827. The topological polar surface area (TPSA) is 86.9 Å². The van der Waals surface area contributed by atoms with Gasteiger partial charge in [-0.3, -0.25) is 14.7 Å². The zero-order valence-corrected chi connectivity index (χ0v) is 14.6. The maximum atomic E-state index is 12.8. The van der Waals surface area contributed by atoms with Crippen molar-refractivity contribution in [2.45, 2.75) is 19.9 Å². The van der Waals surface area contributed by atoms with Crippen LogP contribution in [0.15, 0.2) is 60.8 Å². The standard InChI is InChI=1S/C20H20N4O2/c1-13-8-9-14(2)16(12-13)19(25)23-18(15-6-4-3-5-7-15)20(26)22-17-10-11-21-24-17/h3-12,18H,1-2H3,(H,23,25)(H2,21,22,24,26). The van der Waals surface area contributed by atoms with Crippen LogP contribution in [0.25, 0.3) is 0 Å². The van der Waals surface area contributed by atoms with Gasteiger partial charge in [0.25, 0.3) is 11.8 Å². The van der Waals surface area contributed by atoms with E-state index in [1.807, 2.05) is 50.2 Å². The van der Waals surface area contributed by atoms with E-state index >= 15 is 0 Å². The number of anilines is 1. The monoisotopic (exact) mass is 348 g/mol. The van der Waals surface area contributed by atoms with Crippen LogP contribution >= 0.6 is 0 Å². The molecule has 1 atom stereocenters. The number of H-pyrrole nitrogens is 1. The van der Waals surface area contributed by atoms with E-state index in [-0.39, 0.29) is 11.8 Å². The van der Waals surface area contributed by atoms with Gasteiger partial charge in [0.15, 0.2) is 0 Å². The quantitative estimate of drug-likeness (QED) is 0.662. The summed E-state index contributed by atoms with van der Waals surface area (Å²) in [5.41, 5.74) is 3.09. The van der Waals surface area contributed by atoms with Gasteiger partial charge in [0, 0.05) is 11.6 Å². The number of carbonyl (C=O) groups is 2. The summed E-state index contributed by atoms with van der Waals surface area (Å²) in [6.45, 7) is 3.80. The Kier molecular flexibility index (Phi) is 5.12. The highest BCUT2D eigenvalue weighted by atomic mass is 16.2. The average molecular weight is 348 g/mol. The van der Waals surface area contributed by atoms with E-state index in [2.05, 4.69) is 20.8 Å². The summed E-state index contributed by atoms with van der Waals surface area (Å²) in [5, 5.41) is 12.1. The van der Waals surface area contributed by atoms with Gasteiger partial charge >= 0.3 is 0 Å². The highest BCUT2D eigenvalue weighted by Gasteiger charge is 2.24. The van der Waals surface area contributed by atoms with Gasteiger partial charge in [0.05, 0.1) is 6.20 Å². The lowest BCUT2D eigenvalue weighted by Gasteiger charge is -2.19. The minimum Gasteiger partial charge on any atom is -0.336 e. The lowest BCUT2D eigenvalue weighted by atomic mass is 10.0. The van der Waals surface area contributed by atoms with Gasteiger partial charge in [-0.15, -0.1) is 0 Å². The fourth-order valence-corrected chi connectivity index (χ4v) is 2.67. The Hall–Kier alpha value is -3.41. The van der Waals surface area contributed by atoms with Gasteiger partial charge in [0.1, 0.15) is 11.9 Å². The second kappa shape index (κ2) is 7.65. The lowest BCUT2D eigenvalue weighted by Crippen LogP contribution is -2.37. The molecule has 0 radical (unpaired) electrons. The van der Waals surface area contributed by atoms with Crippen LogP contribution in [0.5, 0.6) is 0 Å². The van der Waals surface area contributed by atoms with Gasteiger partial charge < -0.3 is 10.6 Å². The maximum absolute atomic E-state index is 12.8. The van der Waals surface area contributed by atoms with E-state index in [1.165, 1.54) is 0 Å². The van der Waals surface area contributed by atoms with E-state index in [0.717, 1.165) is 11.1 Å². The molecule has 0 fully saturated rings. The summed E-state index contributed by atoms with van der Waals surface area (Å²) in [7, 11) is 0. The van der Waals surface area contributed by atoms with Crippen molar-refractivity contribution in [1.82, 2.24) is 15.5 Å². The number of carbonyl (C=O) groups excluding carboxylic acids is 2. The summed E-state index contributed by atoms with van der Waals surface area (Å²) < 4.78 is 0. The number of rotatable bonds is 5. The van der Waals surface area contributed by atoms with Crippen molar-refractivity contribution < 1.29 is 9.59 Å². The number of hydrogen-bond donors (Lipinski definition) is 3. The van der Waals surface area contributed by atoms with Gasteiger partial charge in [0.2, 0.25) is 0 Å². The van der Waals surface area contributed by atoms with Crippen molar-refractivity contribution in [2.24, 2.45) is 0 Å². The Balaban J connectivity index is 1.87. The van der Waals surface area contributed by atoms with Crippen molar-refractivity contribution in [3.63, 3.8) is 0 Å². The molecule has 2 amide bonds. The van der Waals surface area contributed by atoms with E-state index in [0.29, 0.717) is 16.9 Å². The molecule has 0 bridgehead atoms. The second-order valence-electron chi connectivity index (χ2n) is 6.10. The van der Waals surface area contributed by atoms with Crippen LogP contribution in [-0.2, 0) is 4.79 Å². The minimum absolute atomic E-state index is 0.292. The van der Waals surface area contributed by atoms with Crippen LogP contribution < -0.4 is 10.6 Å². The number of aromatic amines is 1. The average Bonchev–Trinajstić information content (AvgIpc) is 3.15. The second-order valence-corrected chi connectivity index (χ2v) is 6.10. The Morgan fingerprint density at radius 1 is 1.04 bits per heavy atom. The highest BCUT2D eigenvalue weighted by molar-refractivity contribution is 6.02. The van der Waals surface area contributed by atoms with Crippen LogP contribution in [0, 0.1) is 13.8 Å². The SMILES string of the molecule is Cc1ccc(C)c(C(=O)NC(C(=O)Nc2ccn[nH]2)c2ccccc2)c1. The van der Waals surface area contributed by atoms with E-state index in [1.54, 1.807) is 24.4 Å². The largest absolute Gasteiger partial charge is 0.336 e. The third-order valence-corrected chi connectivity index (χ3v) is 4.07. The number of hydrogen-bond acceptors (Lipinski definition) is 3. The van der Waals surface area contributed by atoms with E-state index in [4.69, 9.17) is 0 Å². The zero-order chi connectivity index (χ0) is 18.5. The summed E-state index contributed by atoms with van der Waals surface area (Å²) in [5.74, 6) is -0.171. The number of aromatic nitrogens is 2. The number of nitrogens with one attached hydrogen (secondary N) is 3. The Morgan fingerprint density at radius 3 is 2.50 bits per heavy atom. The molecule has 1 unspecified atom stereocenters. The molecule has 6 nitrogen and oxygen atoms in total. The fourth-order valence-electron chi connectivity index (χ4n) is 2.67. The molecular weight excluding hydrogens is 328 g/mol. The molecule has 2 aromatic carbocycles. The molecule has 0 saturated heterocycles. The molecule has 0 aliphatic rings. The molecule has 3 N–H and O–H groups in total. The van der Waals surface area contributed by atoms with Crippen LogP contribution in [-0.4, -0.2) is 22.0 Å². The van der Waals surface area contributed by atoms with Gasteiger partial charge in [-0.1, -0.05) is 48.0 Å². The molecule has 0 aliphatic heterocycles. The molecule has 3 rings (SSSR count). The van der Waals surface area contributed by atoms with Crippen molar-refractivity contribution in [2.75, 3.05) is 5.32 Å². The first kappa shape index (κ1) is 17.4. The highest BCUT2D eigenvalue weighted by Crippen LogP contribution is 2.18.